The second-order valence-electron chi connectivity index (χ2n) is 2.45. The first-order valence-corrected chi connectivity index (χ1v) is 5.35. The average molecular weight is 232 g/mol. The van der Waals surface area contributed by atoms with Crippen molar-refractivity contribution in [3.8, 4) is 6.07 Å². The van der Waals surface area contributed by atoms with Crippen molar-refractivity contribution in [2.45, 2.75) is 0 Å². The van der Waals surface area contributed by atoms with Crippen LogP contribution in [0.3, 0.4) is 0 Å². The zero-order chi connectivity index (χ0) is 10.8. The molecule has 5 nitrogen and oxygen atoms in total. The summed E-state index contributed by atoms with van der Waals surface area (Å²) in [5.74, 6) is 0. The number of hydrogen-bond acceptors (Lipinski definition) is 3. The molecule has 1 rings (SSSR count). The third-order valence-electron chi connectivity index (χ3n) is 1.35. The Hall–Kier alpha value is -1.29. The van der Waals surface area contributed by atoms with Gasteiger partial charge in [-0.3, -0.25) is 4.72 Å². The maximum atomic E-state index is 10.7. The second-order valence-corrected chi connectivity index (χ2v) is 4.15. The highest BCUT2D eigenvalue weighted by atomic mass is 35.5. The van der Waals surface area contributed by atoms with E-state index in [0.29, 0.717) is 5.56 Å². The zero-order valence-electron chi connectivity index (χ0n) is 6.86. The Morgan fingerprint density at radius 3 is 2.57 bits per heavy atom. The first-order valence-electron chi connectivity index (χ1n) is 3.42. The Labute approximate surface area is 86.3 Å². The molecule has 7 heteroatoms. The van der Waals surface area contributed by atoms with Crippen molar-refractivity contribution >= 4 is 27.5 Å². The molecule has 0 bridgehead atoms. The van der Waals surface area contributed by atoms with Crippen LogP contribution >= 0.6 is 11.6 Å². The second kappa shape index (κ2) is 3.84. The minimum atomic E-state index is -3.84. The summed E-state index contributed by atoms with van der Waals surface area (Å²) < 4.78 is 23.3. The first-order chi connectivity index (χ1) is 6.42. The quantitative estimate of drug-likeness (QED) is 0.789. The summed E-state index contributed by atoms with van der Waals surface area (Å²) in [4.78, 5) is 0. The predicted molar refractivity (Wildman–Crippen MR) is 52.9 cm³/mol. The van der Waals surface area contributed by atoms with Gasteiger partial charge in [-0.15, -0.1) is 0 Å². The van der Waals surface area contributed by atoms with Crippen LogP contribution < -0.4 is 9.86 Å². The molecule has 0 unspecified atom stereocenters. The molecular formula is C7H6ClN3O2S. The minimum absolute atomic E-state index is 0.123. The van der Waals surface area contributed by atoms with Crippen LogP contribution in [-0.2, 0) is 10.2 Å². The topological polar surface area (TPSA) is 96.0 Å². The van der Waals surface area contributed by atoms with Gasteiger partial charge in [0.15, 0.2) is 0 Å². The molecule has 0 aliphatic carbocycles. The normalized spacial score (nSPS) is 10.6. The molecule has 1 aromatic carbocycles. The van der Waals surface area contributed by atoms with Crippen molar-refractivity contribution in [3.63, 3.8) is 0 Å². The van der Waals surface area contributed by atoms with Crippen molar-refractivity contribution in [2.75, 3.05) is 4.72 Å². The molecule has 0 fully saturated rings. The molecule has 0 aliphatic rings. The highest BCUT2D eigenvalue weighted by Crippen LogP contribution is 2.22. The van der Waals surface area contributed by atoms with E-state index >= 15 is 0 Å². The molecule has 0 atom stereocenters. The van der Waals surface area contributed by atoms with Gasteiger partial charge in [0, 0.05) is 0 Å². The number of hydrogen-bond donors (Lipinski definition) is 2. The Balaban J connectivity index is 3.09. The van der Waals surface area contributed by atoms with Crippen LogP contribution in [0.25, 0.3) is 0 Å². The van der Waals surface area contributed by atoms with Gasteiger partial charge in [0.25, 0.3) is 10.2 Å². The number of benzene rings is 1. The van der Waals surface area contributed by atoms with Gasteiger partial charge in [-0.1, -0.05) is 11.6 Å². The molecule has 0 spiro atoms. The fourth-order valence-electron chi connectivity index (χ4n) is 0.821. The number of nitrogens with zero attached hydrogens (tertiary/aromatic N) is 1. The summed E-state index contributed by atoms with van der Waals surface area (Å²) in [6.45, 7) is 0. The van der Waals surface area contributed by atoms with Crippen LogP contribution in [0.5, 0.6) is 0 Å². The van der Waals surface area contributed by atoms with Gasteiger partial charge in [0.05, 0.1) is 22.3 Å². The van der Waals surface area contributed by atoms with E-state index in [9.17, 15) is 8.42 Å². The van der Waals surface area contributed by atoms with E-state index in [4.69, 9.17) is 22.0 Å². The van der Waals surface area contributed by atoms with E-state index in [1.807, 2.05) is 10.8 Å². The van der Waals surface area contributed by atoms with E-state index in [-0.39, 0.29) is 10.7 Å². The summed E-state index contributed by atoms with van der Waals surface area (Å²) in [6.07, 6.45) is 0. The van der Waals surface area contributed by atoms with Crippen LogP contribution in [0.4, 0.5) is 5.69 Å². The SMILES string of the molecule is N#Cc1ccc(NS(N)(=O)=O)c(Cl)c1. The van der Waals surface area contributed by atoms with Crippen molar-refractivity contribution in [3.05, 3.63) is 28.8 Å². The van der Waals surface area contributed by atoms with E-state index in [1.165, 1.54) is 18.2 Å². The molecule has 3 N–H and O–H groups in total. The van der Waals surface area contributed by atoms with E-state index in [1.54, 1.807) is 0 Å². The average Bonchev–Trinajstić information content (AvgIpc) is 2.06. The Morgan fingerprint density at radius 2 is 2.14 bits per heavy atom. The Bertz CT molecular complexity index is 492. The fraction of sp³-hybridized carbons (Fsp3) is 0. The minimum Gasteiger partial charge on any atom is -0.270 e. The van der Waals surface area contributed by atoms with Gasteiger partial charge in [-0.05, 0) is 18.2 Å². The molecule has 14 heavy (non-hydrogen) atoms. The Morgan fingerprint density at radius 1 is 1.50 bits per heavy atom. The fourth-order valence-corrected chi connectivity index (χ4v) is 1.59. The number of rotatable bonds is 2. The summed E-state index contributed by atoms with van der Waals surface area (Å²) in [5.41, 5.74) is 0.489. The van der Waals surface area contributed by atoms with Crippen molar-refractivity contribution < 1.29 is 8.42 Å². The van der Waals surface area contributed by atoms with Crippen molar-refractivity contribution in [2.24, 2.45) is 5.14 Å². The number of nitriles is 1. The highest BCUT2D eigenvalue weighted by molar-refractivity contribution is 7.90. The summed E-state index contributed by atoms with van der Waals surface area (Å²) >= 11 is 5.68. The lowest BCUT2D eigenvalue weighted by Crippen LogP contribution is -2.21. The smallest absolute Gasteiger partial charge is 0.270 e. The van der Waals surface area contributed by atoms with Gasteiger partial charge in [-0.2, -0.15) is 13.7 Å². The largest absolute Gasteiger partial charge is 0.296 e. The van der Waals surface area contributed by atoms with E-state index in [2.05, 4.69) is 0 Å². The molecule has 0 amide bonds. The molecular weight excluding hydrogens is 226 g/mol. The highest BCUT2D eigenvalue weighted by Gasteiger charge is 2.06. The molecule has 74 valence electrons. The molecule has 1 aromatic rings. The maximum Gasteiger partial charge on any atom is 0.296 e. The van der Waals surface area contributed by atoms with Crippen LogP contribution in [0.2, 0.25) is 5.02 Å². The lowest BCUT2D eigenvalue weighted by atomic mass is 10.2. The molecule has 0 saturated heterocycles. The maximum absolute atomic E-state index is 10.7. The van der Waals surface area contributed by atoms with Gasteiger partial charge in [-0.25, -0.2) is 5.14 Å². The predicted octanol–water partition coefficient (Wildman–Crippen LogP) is 0.827. The Kier molecular flexibility index (Phi) is 2.96. The zero-order valence-corrected chi connectivity index (χ0v) is 8.43. The third-order valence-corrected chi connectivity index (χ3v) is 2.17. The van der Waals surface area contributed by atoms with Crippen molar-refractivity contribution in [1.29, 1.82) is 5.26 Å². The number of halogens is 1. The molecule has 0 aliphatic heterocycles. The monoisotopic (exact) mass is 231 g/mol. The van der Waals surface area contributed by atoms with E-state index in [0.717, 1.165) is 0 Å². The molecule has 0 radical (unpaired) electrons. The van der Waals surface area contributed by atoms with Gasteiger partial charge in [0.1, 0.15) is 0 Å². The van der Waals surface area contributed by atoms with E-state index < -0.39 is 10.2 Å². The molecule has 0 heterocycles. The summed E-state index contributed by atoms with van der Waals surface area (Å²) in [7, 11) is -3.84. The third kappa shape index (κ3) is 2.88. The van der Waals surface area contributed by atoms with Crippen LogP contribution in [-0.4, -0.2) is 8.42 Å². The lowest BCUT2D eigenvalue weighted by molar-refractivity contribution is 0.603. The van der Waals surface area contributed by atoms with Gasteiger partial charge in [0.2, 0.25) is 0 Å². The van der Waals surface area contributed by atoms with Crippen molar-refractivity contribution in [1.82, 2.24) is 0 Å². The van der Waals surface area contributed by atoms with Crippen LogP contribution in [0.15, 0.2) is 18.2 Å². The van der Waals surface area contributed by atoms with Crippen LogP contribution in [0, 0.1) is 11.3 Å². The van der Waals surface area contributed by atoms with Gasteiger partial charge < -0.3 is 0 Å². The number of anilines is 1. The van der Waals surface area contributed by atoms with Crippen LogP contribution in [0.1, 0.15) is 5.56 Å². The standard InChI is InChI=1S/C7H6ClN3O2S/c8-6-3-5(4-9)1-2-7(6)11-14(10,12)13/h1-3,11H,(H2,10,12,13). The summed E-state index contributed by atoms with van der Waals surface area (Å²) in [5, 5.41) is 13.4. The first kappa shape index (κ1) is 10.8. The lowest BCUT2D eigenvalue weighted by Gasteiger charge is -2.05. The van der Waals surface area contributed by atoms with Gasteiger partial charge >= 0.3 is 0 Å². The summed E-state index contributed by atoms with van der Waals surface area (Å²) in [6, 6.07) is 6.00. The number of nitrogens with one attached hydrogen (secondary N) is 1. The molecule has 0 saturated carbocycles. The number of nitrogens with two attached hydrogens (primary N) is 1. The molecule has 0 aromatic heterocycles.